The number of hydrogen-bond donors (Lipinski definition) is 1. The van der Waals surface area contributed by atoms with Gasteiger partial charge in [0.2, 0.25) is 0 Å². The zero-order valence-electron chi connectivity index (χ0n) is 11.7. The highest BCUT2D eigenvalue weighted by Crippen LogP contribution is 2.24. The van der Waals surface area contributed by atoms with Gasteiger partial charge in [0, 0.05) is 5.56 Å². The first-order valence-corrected chi connectivity index (χ1v) is 7.26. The monoisotopic (exact) mass is 257 g/mol. The van der Waals surface area contributed by atoms with Crippen molar-refractivity contribution in [3.8, 4) is 17.6 Å². The standard InChI is InChI=1S/C17H23NO/c1-14-13-17(11-10-15(14)7-6-12-18)19-16-8-4-2-3-5-9-16/h10-11,13,16H,2-5,8-9,12,18H2,1H3. The van der Waals surface area contributed by atoms with E-state index in [0.717, 1.165) is 16.9 Å². The number of ether oxygens (including phenoxy) is 1. The molecule has 1 saturated carbocycles. The van der Waals surface area contributed by atoms with Crippen LogP contribution in [0.2, 0.25) is 0 Å². The average Bonchev–Trinajstić information content (AvgIpc) is 2.66. The van der Waals surface area contributed by atoms with Gasteiger partial charge < -0.3 is 10.5 Å². The van der Waals surface area contributed by atoms with Crippen molar-refractivity contribution in [3.05, 3.63) is 29.3 Å². The topological polar surface area (TPSA) is 35.2 Å². The van der Waals surface area contributed by atoms with Crippen LogP contribution in [0.15, 0.2) is 18.2 Å². The molecule has 1 aliphatic rings. The third-order valence-electron chi connectivity index (χ3n) is 3.63. The summed E-state index contributed by atoms with van der Waals surface area (Å²) in [4.78, 5) is 0. The Morgan fingerprint density at radius 3 is 2.58 bits per heavy atom. The Morgan fingerprint density at radius 1 is 1.21 bits per heavy atom. The number of hydrogen-bond acceptors (Lipinski definition) is 2. The van der Waals surface area contributed by atoms with Gasteiger partial charge in [-0.1, -0.05) is 24.7 Å². The molecule has 1 aromatic carbocycles. The SMILES string of the molecule is Cc1cc(OC2CCCCCC2)ccc1C#CCN. The van der Waals surface area contributed by atoms with Crippen LogP contribution in [0.3, 0.4) is 0 Å². The molecule has 102 valence electrons. The highest BCUT2D eigenvalue weighted by Gasteiger charge is 2.13. The summed E-state index contributed by atoms with van der Waals surface area (Å²) < 4.78 is 6.10. The minimum atomic E-state index is 0.392. The lowest BCUT2D eigenvalue weighted by molar-refractivity contribution is 0.183. The second-order valence-corrected chi connectivity index (χ2v) is 5.21. The molecule has 0 heterocycles. The van der Waals surface area contributed by atoms with Gasteiger partial charge in [-0.15, -0.1) is 0 Å². The summed E-state index contributed by atoms with van der Waals surface area (Å²) in [6, 6.07) is 6.15. The van der Waals surface area contributed by atoms with Crippen LogP contribution in [0, 0.1) is 18.8 Å². The van der Waals surface area contributed by atoms with Crippen molar-refractivity contribution in [2.24, 2.45) is 5.73 Å². The molecule has 1 fully saturated rings. The Kier molecular flexibility index (Phi) is 5.30. The first kappa shape index (κ1) is 14.0. The molecule has 1 aliphatic carbocycles. The fourth-order valence-electron chi connectivity index (χ4n) is 2.55. The predicted octanol–water partition coefficient (Wildman–Crippen LogP) is 3.41. The van der Waals surface area contributed by atoms with Crippen molar-refractivity contribution in [1.29, 1.82) is 0 Å². The van der Waals surface area contributed by atoms with Crippen molar-refractivity contribution in [2.45, 2.75) is 51.6 Å². The van der Waals surface area contributed by atoms with E-state index in [1.54, 1.807) is 0 Å². The van der Waals surface area contributed by atoms with Gasteiger partial charge in [0.1, 0.15) is 5.75 Å². The van der Waals surface area contributed by atoms with Crippen molar-refractivity contribution in [1.82, 2.24) is 0 Å². The number of rotatable bonds is 2. The minimum Gasteiger partial charge on any atom is -0.490 e. The molecule has 2 nitrogen and oxygen atoms in total. The van der Waals surface area contributed by atoms with Crippen molar-refractivity contribution in [3.63, 3.8) is 0 Å². The van der Waals surface area contributed by atoms with E-state index in [4.69, 9.17) is 10.5 Å². The average molecular weight is 257 g/mol. The van der Waals surface area contributed by atoms with Crippen LogP contribution in [0.5, 0.6) is 5.75 Å². The maximum absolute atomic E-state index is 6.10. The van der Waals surface area contributed by atoms with Crippen LogP contribution in [0.25, 0.3) is 0 Å². The highest BCUT2D eigenvalue weighted by atomic mass is 16.5. The third kappa shape index (κ3) is 4.29. The molecule has 19 heavy (non-hydrogen) atoms. The first-order chi connectivity index (χ1) is 9.29. The van der Waals surface area contributed by atoms with Gasteiger partial charge in [0.15, 0.2) is 0 Å². The zero-order valence-corrected chi connectivity index (χ0v) is 11.7. The Hall–Kier alpha value is -1.46. The Labute approximate surface area is 116 Å². The van der Waals surface area contributed by atoms with Gasteiger partial charge in [-0.25, -0.2) is 0 Å². The lowest BCUT2D eigenvalue weighted by Gasteiger charge is -2.17. The number of aryl methyl sites for hydroxylation is 1. The molecular weight excluding hydrogens is 234 g/mol. The van der Waals surface area contributed by atoms with Gasteiger partial charge in [-0.3, -0.25) is 0 Å². The molecule has 0 unspecified atom stereocenters. The smallest absolute Gasteiger partial charge is 0.120 e. The summed E-state index contributed by atoms with van der Waals surface area (Å²) >= 11 is 0. The molecule has 0 aliphatic heterocycles. The van der Waals surface area contributed by atoms with Gasteiger partial charge in [0.05, 0.1) is 12.6 Å². The van der Waals surface area contributed by atoms with Gasteiger partial charge in [-0.05, 0) is 56.4 Å². The van der Waals surface area contributed by atoms with Gasteiger partial charge in [0.25, 0.3) is 0 Å². The summed E-state index contributed by atoms with van der Waals surface area (Å²) in [7, 11) is 0. The van der Waals surface area contributed by atoms with Crippen LogP contribution in [0.1, 0.15) is 49.7 Å². The molecule has 1 aromatic rings. The lowest BCUT2D eigenvalue weighted by atomic mass is 10.1. The molecular formula is C17H23NO. The van der Waals surface area contributed by atoms with Crippen molar-refractivity contribution < 1.29 is 4.74 Å². The van der Waals surface area contributed by atoms with E-state index in [0.29, 0.717) is 12.6 Å². The molecule has 2 N–H and O–H groups in total. The van der Waals surface area contributed by atoms with Gasteiger partial charge in [-0.2, -0.15) is 0 Å². The number of benzene rings is 1. The Morgan fingerprint density at radius 2 is 1.95 bits per heavy atom. The molecule has 0 bridgehead atoms. The Balaban J connectivity index is 2.02. The van der Waals surface area contributed by atoms with Crippen molar-refractivity contribution in [2.75, 3.05) is 6.54 Å². The first-order valence-electron chi connectivity index (χ1n) is 7.26. The van der Waals surface area contributed by atoms with Crippen LogP contribution in [-0.4, -0.2) is 12.6 Å². The van der Waals surface area contributed by atoms with E-state index < -0.39 is 0 Å². The van der Waals surface area contributed by atoms with E-state index in [-0.39, 0.29) is 0 Å². The summed E-state index contributed by atoms with van der Waals surface area (Å²) in [5, 5.41) is 0. The number of nitrogens with two attached hydrogens (primary N) is 1. The highest BCUT2D eigenvalue weighted by molar-refractivity contribution is 5.44. The molecule has 0 radical (unpaired) electrons. The molecule has 0 atom stereocenters. The fourth-order valence-corrected chi connectivity index (χ4v) is 2.55. The summed E-state index contributed by atoms with van der Waals surface area (Å²) in [5.41, 5.74) is 7.60. The predicted molar refractivity (Wildman–Crippen MR) is 79.2 cm³/mol. The summed E-state index contributed by atoms with van der Waals surface area (Å²) in [6.45, 7) is 2.47. The maximum Gasteiger partial charge on any atom is 0.120 e. The van der Waals surface area contributed by atoms with Crippen LogP contribution >= 0.6 is 0 Å². The quantitative estimate of drug-likeness (QED) is 0.651. The fraction of sp³-hybridized carbons (Fsp3) is 0.529. The van der Waals surface area contributed by atoms with E-state index >= 15 is 0 Å². The largest absolute Gasteiger partial charge is 0.490 e. The van der Waals surface area contributed by atoms with Crippen molar-refractivity contribution >= 4 is 0 Å². The van der Waals surface area contributed by atoms with E-state index in [1.807, 2.05) is 12.1 Å². The molecule has 0 saturated heterocycles. The maximum atomic E-state index is 6.10. The van der Waals surface area contributed by atoms with Crippen LogP contribution in [0.4, 0.5) is 0 Å². The zero-order chi connectivity index (χ0) is 13.5. The van der Waals surface area contributed by atoms with E-state index in [9.17, 15) is 0 Å². The molecule has 0 aromatic heterocycles. The normalized spacial score (nSPS) is 16.3. The van der Waals surface area contributed by atoms with Crippen LogP contribution in [-0.2, 0) is 0 Å². The summed E-state index contributed by atoms with van der Waals surface area (Å²) in [5.74, 6) is 6.95. The Bertz CT molecular complexity index is 462. The summed E-state index contributed by atoms with van der Waals surface area (Å²) in [6.07, 6.45) is 8.07. The van der Waals surface area contributed by atoms with E-state index in [2.05, 4.69) is 24.8 Å². The second-order valence-electron chi connectivity index (χ2n) is 5.21. The van der Waals surface area contributed by atoms with Crippen LogP contribution < -0.4 is 10.5 Å². The lowest BCUT2D eigenvalue weighted by Crippen LogP contribution is -2.15. The van der Waals surface area contributed by atoms with E-state index in [1.165, 1.54) is 38.5 Å². The second kappa shape index (κ2) is 7.21. The molecule has 0 spiro atoms. The molecule has 0 amide bonds. The van der Waals surface area contributed by atoms with Gasteiger partial charge >= 0.3 is 0 Å². The molecule has 2 rings (SSSR count). The third-order valence-corrected chi connectivity index (χ3v) is 3.63. The minimum absolute atomic E-state index is 0.392. The molecule has 2 heteroatoms.